The van der Waals surface area contributed by atoms with Crippen molar-refractivity contribution in [3.8, 4) is 17.1 Å². The summed E-state index contributed by atoms with van der Waals surface area (Å²) in [6.45, 7) is 4.09. The quantitative estimate of drug-likeness (QED) is 0.631. The zero-order valence-corrected chi connectivity index (χ0v) is 18.0. The highest BCUT2D eigenvalue weighted by molar-refractivity contribution is 7.10. The van der Waals surface area contributed by atoms with Crippen molar-refractivity contribution in [1.29, 1.82) is 0 Å². The summed E-state index contributed by atoms with van der Waals surface area (Å²) in [6.07, 6.45) is 2.43. The van der Waals surface area contributed by atoms with E-state index in [1.165, 1.54) is 9.89 Å². The number of ether oxygens (including phenoxy) is 1. The summed E-state index contributed by atoms with van der Waals surface area (Å²) in [5.74, 6) is 1.48. The summed E-state index contributed by atoms with van der Waals surface area (Å²) in [4.78, 5) is 18.6. The van der Waals surface area contributed by atoms with E-state index in [1.807, 2.05) is 49.6 Å². The first-order chi connectivity index (χ1) is 15.1. The van der Waals surface area contributed by atoms with Crippen molar-refractivity contribution in [3.05, 3.63) is 52.5 Å². The molecule has 2 aliphatic heterocycles. The van der Waals surface area contributed by atoms with Crippen LogP contribution in [0.5, 0.6) is 5.75 Å². The van der Waals surface area contributed by atoms with Gasteiger partial charge in [-0.3, -0.25) is 9.80 Å². The van der Waals surface area contributed by atoms with Crippen molar-refractivity contribution >= 4 is 23.6 Å². The molecular formula is C21H22N6O3S. The number of carbonyl (C=O) groups excluding carboxylic acids is 1. The number of fused-ring (bicyclic) bond motifs is 1. The van der Waals surface area contributed by atoms with Gasteiger partial charge in [-0.25, -0.2) is 10.4 Å². The van der Waals surface area contributed by atoms with E-state index < -0.39 is 0 Å². The van der Waals surface area contributed by atoms with Crippen LogP contribution < -0.4 is 10.2 Å². The number of hydrogen-bond acceptors (Lipinski definition) is 9. The maximum Gasteiger partial charge on any atom is 0.267 e. The van der Waals surface area contributed by atoms with Crippen LogP contribution >= 0.6 is 11.3 Å². The lowest BCUT2D eigenvalue weighted by Crippen LogP contribution is -2.50. The van der Waals surface area contributed by atoms with E-state index in [0.29, 0.717) is 18.1 Å². The number of hydrazone groups is 1. The lowest BCUT2D eigenvalue weighted by Gasteiger charge is -2.29. The van der Waals surface area contributed by atoms with E-state index in [1.54, 1.807) is 22.7 Å². The zero-order valence-electron chi connectivity index (χ0n) is 17.1. The summed E-state index contributed by atoms with van der Waals surface area (Å²) < 4.78 is 11.0. The van der Waals surface area contributed by atoms with E-state index in [-0.39, 0.29) is 30.6 Å². The fourth-order valence-electron chi connectivity index (χ4n) is 3.65. The molecule has 0 aliphatic carbocycles. The van der Waals surface area contributed by atoms with Crippen LogP contribution in [0.15, 0.2) is 51.4 Å². The first-order valence-electron chi connectivity index (χ1n) is 10.1. The van der Waals surface area contributed by atoms with Gasteiger partial charge in [-0.15, -0.1) is 11.3 Å². The fraction of sp³-hybridized carbons (Fsp3) is 0.333. The van der Waals surface area contributed by atoms with Crippen LogP contribution in [0.3, 0.4) is 0 Å². The first kappa shape index (κ1) is 19.7. The number of nitrogens with zero attached hydrogens (tertiary/aromatic N) is 5. The number of hydrogen-bond donors (Lipinski definition) is 1. The second-order valence-corrected chi connectivity index (χ2v) is 8.66. The standard InChI is InChI=1S/C21H22N6O3S/c1-13(2)29-15-7-5-14(6-8-15)20-23-19(30-25-20)11-26-21(28)17-10-16(18-4-3-9-31-18)24-27(17)12-22-26/h3-9,12-13,16-17,24H,10-11H2,1-2H3. The van der Waals surface area contributed by atoms with Crippen molar-refractivity contribution in [2.75, 3.05) is 0 Å². The first-order valence-corrected chi connectivity index (χ1v) is 11.0. The molecule has 1 amide bonds. The third kappa shape index (κ3) is 4.04. The molecule has 0 radical (unpaired) electrons. The van der Waals surface area contributed by atoms with Gasteiger partial charge in [0.25, 0.3) is 5.91 Å². The van der Waals surface area contributed by atoms with Crippen LogP contribution in [-0.2, 0) is 11.3 Å². The third-order valence-electron chi connectivity index (χ3n) is 5.08. The normalized spacial score (nSPS) is 20.5. The van der Waals surface area contributed by atoms with E-state index in [0.717, 1.165) is 11.3 Å². The molecule has 0 saturated carbocycles. The van der Waals surface area contributed by atoms with Gasteiger partial charge in [-0.2, -0.15) is 10.1 Å². The average molecular weight is 439 g/mol. The summed E-state index contributed by atoms with van der Waals surface area (Å²) in [5.41, 5.74) is 4.15. The molecule has 9 nitrogen and oxygen atoms in total. The number of nitrogens with one attached hydrogen (secondary N) is 1. The minimum absolute atomic E-state index is 0.0935. The molecule has 4 heterocycles. The maximum absolute atomic E-state index is 13.0. The van der Waals surface area contributed by atoms with Gasteiger partial charge in [0.05, 0.1) is 12.1 Å². The van der Waals surface area contributed by atoms with Gasteiger partial charge in [0.2, 0.25) is 11.7 Å². The second kappa shape index (κ2) is 8.12. The highest BCUT2D eigenvalue weighted by Crippen LogP contribution is 2.32. The number of hydrazine groups is 1. The molecule has 0 spiro atoms. The summed E-state index contributed by atoms with van der Waals surface area (Å²) in [5, 5.41) is 13.5. The Morgan fingerprint density at radius 1 is 1.29 bits per heavy atom. The minimum atomic E-state index is -0.305. The number of carbonyl (C=O) groups is 1. The van der Waals surface area contributed by atoms with Gasteiger partial charge in [0, 0.05) is 16.9 Å². The van der Waals surface area contributed by atoms with E-state index in [2.05, 4.69) is 26.7 Å². The van der Waals surface area contributed by atoms with Crippen molar-refractivity contribution < 1.29 is 14.1 Å². The van der Waals surface area contributed by atoms with Crippen LogP contribution in [-0.4, -0.2) is 44.5 Å². The molecule has 2 atom stereocenters. The van der Waals surface area contributed by atoms with Crippen molar-refractivity contribution in [3.63, 3.8) is 0 Å². The molecule has 1 N–H and O–H groups in total. The monoisotopic (exact) mass is 438 g/mol. The number of thiophene rings is 1. The molecule has 3 aromatic rings. The molecule has 160 valence electrons. The Morgan fingerprint density at radius 3 is 2.87 bits per heavy atom. The van der Waals surface area contributed by atoms with Gasteiger partial charge >= 0.3 is 0 Å². The van der Waals surface area contributed by atoms with E-state index in [4.69, 9.17) is 9.26 Å². The molecule has 10 heteroatoms. The lowest BCUT2D eigenvalue weighted by atomic mass is 10.1. The van der Waals surface area contributed by atoms with E-state index in [9.17, 15) is 4.79 Å². The molecule has 0 bridgehead atoms. The predicted molar refractivity (Wildman–Crippen MR) is 115 cm³/mol. The van der Waals surface area contributed by atoms with Crippen LogP contribution in [0.1, 0.15) is 37.1 Å². The molecule has 31 heavy (non-hydrogen) atoms. The molecule has 1 aromatic carbocycles. The Bertz CT molecular complexity index is 1080. The third-order valence-corrected chi connectivity index (χ3v) is 6.06. The van der Waals surface area contributed by atoms with Crippen molar-refractivity contribution in [2.24, 2.45) is 5.10 Å². The molecular weight excluding hydrogens is 416 g/mol. The molecule has 1 fully saturated rings. The average Bonchev–Trinajstić information content (AvgIpc) is 3.51. The Labute approximate surface area is 183 Å². The number of amides is 1. The molecule has 5 rings (SSSR count). The van der Waals surface area contributed by atoms with Crippen molar-refractivity contribution in [1.82, 2.24) is 25.6 Å². The number of benzene rings is 1. The number of aromatic nitrogens is 2. The Kier molecular flexibility index (Phi) is 5.16. The van der Waals surface area contributed by atoms with Crippen LogP contribution in [0.25, 0.3) is 11.4 Å². The Morgan fingerprint density at radius 2 is 2.13 bits per heavy atom. The Hall–Kier alpha value is -3.24. The van der Waals surface area contributed by atoms with Crippen LogP contribution in [0.2, 0.25) is 0 Å². The molecule has 2 unspecified atom stereocenters. The minimum Gasteiger partial charge on any atom is -0.491 e. The Balaban J connectivity index is 1.25. The highest BCUT2D eigenvalue weighted by atomic mass is 32.1. The van der Waals surface area contributed by atoms with E-state index >= 15 is 0 Å². The lowest BCUT2D eigenvalue weighted by molar-refractivity contribution is -0.137. The predicted octanol–water partition coefficient (Wildman–Crippen LogP) is 3.19. The van der Waals surface area contributed by atoms with Gasteiger partial charge in [-0.1, -0.05) is 11.2 Å². The molecule has 2 aromatic heterocycles. The fourth-order valence-corrected chi connectivity index (χ4v) is 4.43. The van der Waals surface area contributed by atoms with Gasteiger partial charge < -0.3 is 9.26 Å². The van der Waals surface area contributed by atoms with Gasteiger partial charge in [0.1, 0.15) is 24.7 Å². The smallest absolute Gasteiger partial charge is 0.267 e. The highest BCUT2D eigenvalue weighted by Gasteiger charge is 2.41. The molecule has 2 aliphatic rings. The summed E-state index contributed by atoms with van der Waals surface area (Å²) >= 11 is 1.67. The van der Waals surface area contributed by atoms with Gasteiger partial charge in [0.15, 0.2) is 0 Å². The largest absolute Gasteiger partial charge is 0.491 e. The van der Waals surface area contributed by atoms with Crippen LogP contribution in [0.4, 0.5) is 0 Å². The SMILES string of the molecule is CC(C)Oc1ccc(-c2noc(CN3N=CN4NC(c5cccs5)CC4C3=O)n2)cc1. The zero-order chi connectivity index (χ0) is 21.4. The summed E-state index contributed by atoms with van der Waals surface area (Å²) in [6, 6.07) is 11.4. The number of rotatable bonds is 6. The molecule has 1 saturated heterocycles. The maximum atomic E-state index is 13.0. The summed E-state index contributed by atoms with van der Waals surface area (Å²) in [7, 11) is 0. The second-order valence-electron chi connectivity index (χ2n) is 7.69. The van der Waals surface area contributed by atoms with Gasteiger partial charge in [-0.05, 0) is 49.6 Å². The van der Waals surface area contributed by atoms with Crippen molar-refractivity contribution in [2.45, 2.75) is 45.0 Å². The topological polar surface area (TPSA) is 96.1 Å². The van der Waals surface area contributed by atoms with Crippen LogP contribution in [0, 0.1) is 0 Å².